The van der Waals surface area contributed by atoms with E-state index in [1.807, 2.05) is 24.6 Å². The third-order valence-corrected chi connectivity index (χ3v) is 6.79. The molecule has 3 heterocycles. The molecule has 0 fully saturated rings. The van der Waals surface area contributed by atoms with Gasteiger partial charge in [-0.1, -0.05) is 0 Å². The van der Waals surface area contributed by atoms with E-state index in [1.165, 1.54) is 18.5 Å². The summed E-state index contributed by atoms with van der Waals surface area (Å²) in [7, 11) is 1.83. The van der Waals surface area contributed by atoms with Crippen molar-refractivity contribution in [3.63, 3.8) is 0 Å². The number of fused-ring (bicyclic) bond motifs is 1. The van der Waals surface area contributed by atoms with Crippen LogP contribution in [0.1, 0.15) is 28.2 Å². The van der Waals surface area contributed by atoms with Gasteiger partial charge in [-0.3, -0.25) is 4.79 Å². The molecule has 4 N–H and O–H groups in total. The van der Waals surface area contributed by atoms with Gasteiger partial charge in [-0.2, -0.15) is 0 Å². The van der Waals surface area contributed by atoms with Crippen LogP contribution >= 0.6 is 11.9 Å². The Labute approximate surface area is 183 Å². The Bertz CT molecular complexity index is 1200. The molecule has 4 rings (SSSR count). The Balaban J connectivity index is 1.49. The minimum atomic E-state index is -0.415. The van der Waals surface area contributed by atoms with E-state index in [0.717, 1.165) is 33.8 Å². The van der Waals surface area contributed by atoms with Gasteiger partial charge in [0.15, 0.2) is 0 Å². The summed E-state index contributed by atoms with van der Waals surface area (Å²) in [5.41, 5.74) is 9.76. The van der Waals surface area contributed by atoms with Gasteiger partial charge in [-0.25, -0.2) is 8.70 Å². The largest absolute Gasteiger partial charge is 0.464 e. The Morgan fingerprint density at radius 2 is 2.23 bits per heavy atom. The molecule has 9 heteroatoms. The number of nitrogens with two attached hydrogens (primary N) is 1. The van der Waals surface area contributed by atoms with Crippen LogP contribution in [0, 0.1) is 18.2 Å². The Kier molecular flexibility index (Phi) is 5.88. The van der Waals surface area contributed by atoms with E-state index < -0.39 is 5.82 Å². The van der Waals surface area contributed by atoms with Crippen molar-refractivity contribution in [1.29, 1.82) is 5.41 Å². The van der Waals surface area contributed by atoms with E-state index in [2.05, 4.69) is 9.62 Å². The number of aromatic nitrogens is 1. The number of amides is 1. The quantitative estimate of drug-likeness (QED) is 0.400. The zero-order chi connectivity index (χ0) is 22.1. The molecule has 2 aromatic heterocycles. The number of carbonyl (C=O) groups excluding carboxylic acids is 1. The highest BCUT2D eigenvalue weighted by Crippen LogP contribution is 2.31. The standard InChI is InChI=1S/C22H24FN5O2S/c1-13-20(31-28-7-5-18(25)15(10-24)12-28)9-19(27(13)2)22(29)26-11-16-17(23)4-3-14-6-8-30-21(14)16/h3-4,6,8-10,24H,5,7,11-12,25H2,1-2H3,(H,26,29). The number of hydrogen-bond acceptors (Lipinski definition) is 6. The summed E-state index contributed by atoms with van der Waals surface area (Å²) < 4.78 is 23.6. The van der Waals surface area contributed by atoms with Gasteiger partial charge in [0.05, 0.1) is 11.8 Å². The van der Waals surface area contributed by atoms with Crippen molar-refractivity contribution in [2.75, 3.05) is 13.1 Å². The van der Waals surface area contributed by atoms with E-state index in [4.69, 9.17) is 15.6 Å². The minimum Gasteiger partial charge on any atom is -0.464 e. The average molecular weight is 442 g/mol. The Morgan fingerprint density at radius 1 is 1.42 bits per heavy atom. The van der Waals surface area contributed by atoms with Crippen molar-refractivity contribution in [2.45, 2.75) is 24.8 Å². The maximum absolute atomic E-state index is 14.3. The van der Waals surface area contributed by atoms with E-state index >= 15 is 0 Å². The normalized spacial score (nSPS) is 14.9. The highest BCUT2D eigenvalue weighted by atomic mass is 32.2. The molecule has 0 saturated carbocycles. The lowest BCUT2D eigenvalue weighted by Crippen LogP contribution is -2.29. The molecule has 0 saturated heterocycles. The summed E-state index contributed by atoms with van der Waals surface area (Å²) in [5, 5.41) is 11.1. The van der Waals surface area contributed by atoms with E-state index in [0.29, 0.717) is 29.8 Å². The first-order valence-electron chi connectivity index (χ1n) is 9.89. The predicted molar refractivity (Wildman–Crippen MR) is 120 cm³/mol. The third kappa shape index (κ3) is 4.11. The van der Waals surface area contributed by atoms with Crippen LogP contribution < -0.4 is 11.1 Å². The Morgan fingerprint density at radius 3 is 3.00 bits per heavy atom. The minimum absolute atomic E-state index is 0.0289. The molecule has 7 nitrogen and oxygen atoms in total. The van der Waals surface area contributed by atoms with Crippen LogP contribution in [0.25, 0.3) is 11.0 Å². The fraction of sp³-hybridized carbons (Fsp3) is 0.273. The molecule has 0 bridgehead atoms. The molecule has 0 spiro atoms. The van der Waals surface area contributed by atoms with Gasteiger partial charge in [-0.15, -0.1) is 0 Å². The fourth-order valence-corrected chi connectivity index (χ4v) is 4.70. The molecule has 0 atom stereocenters. The number of nitrogens with one attached hydrogen (secondary N) is 2. The number of nitrogens with zero attached hydrogens (tertiary/aromatic N) is 2. The van der Waals surface area contributed by atoms with Gasteiger partial charge in [0.25, 0.3) is 5.91 Å². The number of carbonyl (C=O) groups is 1. The Hall–Kier alpha value is -3.04. The summed E-state index contributed by atoms with van der Waals surface area (Å²) in [4.78, 5) is 13.8. The van der Waals surface area contributed by atoms with E-state index in [-0.39, 0.29) is 12.5 Å². The second-order valence-corrected chi connectivity index (χ2v) is 8.62. The van der Waals surface area contributed by atoms with Crippen molar-refractivity contribution in [2.24, 2.45) is 12.8 Å². The number of furan rings is 1. The first-order chi connectivity index (χ1) is 14.9. The highest BCUT2D eigenvalue weighted by molar-refractivity contribution is 7.97. The van der Waals surface area contributed by atoms with Crippen molar-refractivity contribution < 1.29 is 13.6 Å². The second-order valence-electron chi connectivity index (χ2n) is 7.49. The number of halogens is 1. The zero-order valence-electron chi connectivity index (χ0n) is 17.4. The lowest BCUT2D eigenvalue weighted by molar-refractivity contribution is 0.0942. The van der Waals surface area contributed by atoms with Crippen LogP contribution in [0.5, 0.6) is 0 Å². The molecular weight excluding hydrogens is 417 g/mol. The summed E-state index contributed by atoms with van der Waals surface area (Å²) >= 11 is 1.55. The first kappa shape index (κ1) is 21.2. The van der Waals surface area contributed by atoms with E-state index in [1.54, 1.807) is 24.1 Å². The summed E-state index contributed by atoms with van der Waals surface area (Å²) in [6.07, 6.45) is 3.52. The van der Waals surface area contributed by atoms with Crippen molar-refractivity contribution in [1.82, 2.24) is 14.2 Å². The molecule has 1 amide bonds. The maximum atomic E-state index is 14.3. The number of hydrogen-bond donors (Lipinski definition) is 3. The molecule has 1 aliphatic rings. The highest BCUT2D eigenvalue weighted by Gasteiger charge is 2.22. The van der Waals surface area contributed by atoms with Crippen LogP contribution in [0.3, 0.4) is 0 Å². The molecular formula is C22H24FN5O2S. The SMILES string of the molecule is Cc1c(SN2CCC(N)=C(C=N)C2)cc(C(=O)NCc2c(F)ccc3ccoc23)n1C. The topological polar surface area (TPSA) is 100 Å². The summed E-state index contributed by atoms with van der Waals surface area (Å²) in [6.45, 7) is 3.34. The van der Waals surface area contributed by atoms with Crippen molar-refractivity contribution in [3.8, 4) is 0 Å². The second kappa shape index (κ2) is 8.60. The zero-order valence-corrected chi connectivity index (χ0v) is 18.2. The fourth-order valence-electron chi connectivity index (χ4n) is 3.60. The molecule has 0 aliphatic carbocycles. The van der Waals surface area contributed by atoms with Crippen LogP contribution in [-0.2, 0) is 13.6 Å². The predicted octanol–water partition coefficient (Wildman–Crippen LogP) is 3.72. The van der Waals surface area contributed by atoms with Crippen molar-refractivity contribution >= 4 is 35.0 Å². The van der Waals surface area contributed by atoms with Crippen LogP contribution in [0.4, 0.5) is 4.39 Å². The molecule has 0 radical (unpaired) electrons. The monoisotopic (exact) mass is 441 g/mol. The molecule has 1 aliphatic heterocycles. The molecule has 162 valence electrons. The van der Waals surface area contributed by atoms with Gasteiger partial charge < -0.3 is 25.4 Å². The van der Waals surface area contributed by atoms with Gasteiger partial charge in [-0.05, 0) is 43.1 Å². The molecule has 31 heavy (non-hydrogen) atoms. The van der Waals surface area contributed by atoms with E-state index in [9.17, 15) is 9.18 Å². The smallest absolute Gasteiger partial charge is 0.268 e. The van der Waals surface area contributed by atoms with Crippen LogP contribution in [-0.4, -0.2) is 34.1 Å². The van der Waals surface area contributed by atoms with Gasteiger partial charge in [0.2, 0.25) is 0 Å². The lowest BCUT2D eigenvalue weighted by Gasteiger charge is -2.26. The first-order valence-corrected chi connectivity index (χ1v) is 10.7. The van der Waals surface area contributed by atoms with Crippen molar-refractivity contribution in [3.05, 3.63) is 64.6 Å². The summed E-state index contributed by atoms with van der Waals surface area (Å²) in [5.74, 6) is -0.704. The summed E-state index contributed by atoms with van der Waals surface area (Å²) in [6, 6.07) is 6.63. The van der Waals surface area contributed by atoms with Crippen LogP contribution in [0.2, 0.25) is 0 Å². The molecule has 3 aromatic rings. The van der Waals surface area contributed by atoms with Gasteiger partial charge in [0.1, 0.15) is 17.1 Å². The lowest BCUT2D eigenvalue weighted by atomic mass is 10.1. The van der Waals surface area contributed by atoms with Crippen LogP contribution in [0.15, 0.2) is 51.1 Å². The molecule has 1 aromatic carbocycles. The average Bonchev–Trinajstić information content (AvgIpc) is 3.34. The maximum Gasteiger partial charge on any atom is 0.268 e. The third-order valence-electron chi connectivity index (χ3n) is 5.61. The number of benzene rings is 1. The van der Waals surface area contributed by atoms with Gasteiger partial charge >= 0.3 is 0 Å². The number of rotatable bonds is 6. The van der Waals surface area contributed by atoms with Gasteiger partial charge in [0, 0.05) is 66.6 Å². The molecule has 0 unspecified atom stereocenters.